The van der Waals surface area contributed by atoms with Crippen molar-refractivity contribution in [2.24, 2.45) is 0 Å². The highest BCUT2D eigenvalue weighted by Gasteiger charge is 2.44. The van der Waals surface area contributed by atoms with Crippen LogP contribution in [0.4, 0.5) is 0 Å². The number of aliphatic hydroxyl groups is 4. The molecule has 0 aromatic carbocycles. The fraction of sp³-hybridized carbons (Fsp3) is 0.875. The molecule has 6 atom stereocenters. The number of carbonyl (C=O) groups is 2. The first-order valence-corrected chi connectivity index (χ1v) is 20.0. The van der Waals surface area contributed by atoms with Gasteiger partial charge in [0.05, 0.1) is 13.2 Å². The zero-order valence-electron chi connectivity index (χ0n) is 31.4. The van der Waals surface area contributed by atoms with Crippen LogP contribution in [-0.4, -0.2) is 89.0 Å². The minimum absolute atomic E-state index is 0.224. The Morgan fingerprint density at radius 2 is 1.12 bits per heavy atom. The van der Waals surface area contributed by atoms with Gasteiger partial charge in [-0.3, -0.25) is 9.59 Å². The second-order valence-corrected chi connectivity index (χ2v) is 13.8. The van der Waals surface area contributed by atoms with Gasteiger partial charge in [0, 0.05) is 12.8 Å². The third-order valence-electron chi connectivity index (χ3n) is 9.17. The Kier molecular flexibility index (Phi) is 29.5. The van der Waals surface area contributed by atoms with Gasteiger partial charge in [0.25, 0.3) is 0 Å². The molecular formula is C40H72O10. The van der Waals surface area contributed by atoms with Crippen molar-refractivity contribution in [2.75, 3.05) is 19.8 Å². The zero-order valence-corrected chi connectivity index (χ0v) is 31.4. The average Bonchev–Trinajstić information content (AvgIpc) is 3.11. The van der Waals surface area contributed by atoms with Crippen molar-refractivity contribution in [3.63, 3.8) is 0 Å². The van der Waals surface area contributed by atoms with Crippen LogP contribution in [0.2, 0.25) is 0 Å². The van der Waals surface area contributed by atoms with Crippen molar-refractivity contribution in [1.29, 1.82) is 0 Å². The molecule has 1 saturated heterocycles. The molecule has 292 valence electrons. The molecule has 0 aromatic heterocycles. The second-order valence-electron chi connectivity index (χ2n) is 13.8. The summed E-state index contributed by atoms with van der Waals surface area (Å²) in [6, 6.07) is 0. The molecule has 0 amide bonds. The lowest BCUT2D eigenvalue weighted by atomic mass is 9.99. The number of ether oxygens (including phenoxy) is 4. The van der Waals surface area contributed by atoms with Crippen LogP contribution >= 0.6 is 0 Å². The number of carbonyl (C=O) groups excluding carboxylic acids is 2. The van der Waals surface area contributed by atoms with Gasteiger partial charge < -0.3 is 39.4 Å². The van der Waals surface area contributed by atoms with E-state index in [1.807, 2.05) is 0 Å². The van der Waals surface area contributed by atoms with Gasteiger partial charge in [-0.15, -0.1) is 5.73 Å². The van der Waals surface area contributed by atoms with Crippen LogP contribution in [0.3, 0.4) is 0 Å². The van der Waals surface area contributed by atoms with Crippen LogP contribution in [0.15, 0.2) is 17.9 Å². The van der Waals surface area contributed by atoms with E-state index in [0.29, 0.717) is 12.8 Å². The first-order chi connectivity index (χ1) is 24.3. The van der Waals surface area contributed by atoms with E-state index in [9.17, 15) is 30.0 Å². The van der Waals surface area contributed by atoms with E-state index in [1.54, 1.807) is 0 Å². The van der Waals surface area contributed by atoms with Crippen LogP contribution < -0.4 is 0 Å². The average molecular weight is 713 g/mol. The molecule has 0 saturated carbocycles. The highest BCUT2D eigenvalue weighted by atomic mass is 16.7. The number of hydrogen-bond acceptors (Lipinski definition) is 10. The van der Waals surface area contributed by atoms with Crippen molar-refractivity contribution in [1.82, 2.24) is 0 Å². The Labute approximate surface area is 303 Å². The Morgan fingerprint density at radius 3 is 1.64 bits per heavy atom. The number of esters is 2. The maximum atomic E-state index is 12.7. The SMILES string of the molecule is CCCCCCCC=C=CCCCCCCCC(=O)OC[C@@H](CO[C@H]1O[C@@H](CO)[C@@H](O)C(O)C1O)OC(=O)CCCCCCCCCCCC. The van der Waals surface area contributed by atoms with E-state index in [1.165, 1.54) is 70.6 Å². The normalized spacial score (nSPS) is 21.0. The van der Waals surface area contributed by atoms with E-state index in [0.717, 1.165) is 57.8 Å². The first-order valence-electron chi connectivity index (χ1n) is 20.0. The fourth-order valence-electron chi connectivity index (χ4n) is 5.93. The standard InChI is InChI=1S/C40H72O10/c1-3-5-7-9-11-13-15-16-17-18-19-21-22-24-26-28-35(42)47-31-33(32-48-40-39(46)38(45)37(44)34(30-41)50-40)49-36(43)29-27-25-23-20-14-12-10-8-6-4-2/h15,17,33-34,37-41,44-46H,3-14,18-32H2,1-2H3/t16?,33-,34-,37+,38?,39?,40-/m0/s1. The Hall–Kier alpha value is -1.78. The smallest absolute Gasteiger partial charge is 0.306 e. The van der Waals surface area contributed by atoms with Gasteiger partial charge in [0.15, 0.2) is 12.4 Å². The molecule has 0 radical (unpaired) electrons. The number of hydrogen-bond donors (Lipinski definition) is 4. The van der Waals surface area contributed by atoms with Crippen molar-refractivity contribution in [3.05, 3.63) is 17.9 Å². The third-order valence-corrected chi connectivity index (χ3v) is 9.17. The maximum absolute atomic E-state index is 12.7. The Balaban J connectivity index is 2.39. The molecule has 1 aliphatic heterocycles. The second kappa shape index (κ2) is 31.9. The summed E-state index contributed by atoms with van der Waals surface area (Å²) in [7, 11) is 0. The predicted molar refractivity (Wildman–Crippen MR) is 195 cm³/mol. The van der Waals surface area contributed by atoms with Gasteiger partial charge in [0.2, 0.25) is 0 Å². The lowest BCUT2D eigenvalue weighted by molar-refractivity contribution is -0.305. The van der Waals surface area contributed by atoms with Crippen LogP contribution in [0, 0.1) is 0 Å². The van der Waals surface area contributed by atoms with Crippen LogP contribution in [0.25, 0.3) is 0 Å². The largest absolute Gasteiger partial charge is 0.462 e. The molecule has 50 heavy (non-hydrogen) atoms. The minimum Gasteiger partial charge on any atom is -0.462 e. The third kappa shape index (κ3) is 23.6. The van der Waals surface area contributed by atoms with Gasteiger partial charge in [-0.1, -0.05) is 117 Å². The van der Waals surface area contributed by atoms with Gasteiger partial charge in [-0.2, -0.15) is 0 Å². The number of rotatable bonds is 32. The van der Waals surface area contributed by atoms with E-state index in [2.05, 4.69) is 31.7 Å². The van der Waals surface area contributed by atoms with Crippen LogP contribution in [0.5, 0.6) is 0 Å². The fourth-order valence-corrected chi connectivity index (χ4v) is 5.93. The summed E-state index contributed by atoms with van der Waals surface area (Å²) < 4.78 is 22.0. The van der Waals surface area contributed by atoms with Crippen molar-refractivity contribution >= 4 is 11.9 Å². The van der Waals surface area contributed by atoms with Gasteiger partial charge in [-0.25, -0.2) is 0 Å². The summed E-state index contributed by atoms with van der Waals surface area (Å²) >= 11 is 0. The van der Waals surface area contributed by atoms with E-state index in [-0.39, 0.29) is 26.1 Å². The highest BCUT2D eigenvalue weighted by Crippen LogP contribution is 2.22. The quantitative estimate of drug-likeness (QED) is 0.0316. The summed E-state index contributed by atoms with van der Waals surface area (Å²) in [5.41, 5.74) is 3.29. The molecule has 1 fully saturated rings. The lowest BCUT2D eigenvalue weighted by Crippen LogP contribution is -2.59. The number of allylic oxidation sites excluding steroid dienone is 1. The summed E-state index contributed by atoms with van der Waals surface area (Å²) in [5, 5.41) is 39.9. The molecule has 10 nitrogen and oxygen atoms in total. The number of aliphatic hydroxyl groups excluding tert-OH is 4. The highest BCUT2D eigenvalue weighted by molar-refractivity contribution is 5.70. The summed E-state index contributed by atoms with van der Waals surface area (Å²) in [6.07, 6.45) is 21.5. The lowest BCUT2D eigenvalue weighted by Gasteiger charge is -2.39. The molecule has 0 aliphatic carbocycles. The van der Waals surface area contributed by atoms with Crippen molar-refractivity contribution in [3.8, 4) is 0 Å². The van der Waals surface area contributed by atoms with Crippen LogP contribution in [-0.2, 0) is 28.5 Å². The minimum atomic E-state index is -1.59. The first kappa shape index (κ1) is 46.2. The Morgan fingerprint density at radius 1 is 0.640 bits per heavy atom. The molecule has 1 rings (SSSR count). The summed E-state index contributed by atoms with van der Waals surface area (Å²) in [5.74, 6) is -0.827. The van der Waals surface area contributed by atoms with E-state index < -0.39 is 55.4 Å². The zero-order chi connectivity index (χ0) is 36.7. The van der Waals surface area contributed by atoms with Gasteiger partial charge >= 0.3 is 11.9 Å². The van der Waals surface area contributed by atoms with E-state index >= 15 is 0 Å². The molecule has 4 N–H and O–H groups in total. The maximum Gasteiger partial charge on any atom is 0.306 e. The summed E-state index contributed by atoms with van der Waals surface area (Å²) in [4.78, 5) is 25.1. The molecule has 0 spiro atoms. The van der Waals surface area contributed by atoms with Crippen molar-refractivity contribution < 1.29 is 49.0 Å². The summed E-state index contributed by atoms with van der Waals surface area (Å²) in [6.45, 7) is 3.36. The topological polar surface area (TPSA) is 152 Å². The van der Waals surface area contributed by atoms with Gasteiger partial charge in [0.1, 0.15) is 31.0 Å². The number of unbranched alkanes of at least 4 members (excludes halogenated alkanes) is 19. The Bertz CT molecular complexity index is 887. The molecule has 1 aliphatic rings. The monoisotopic (exact) mass is 713 g/mol. The van der Waals surface area contributed by atoms with Crippen molar-refractivity contribution in [2.45, 2.75) is 205 Å². The van der Waals surface area contributed by atoms with Crippen LogP contribution in [0.1, 0.15) is 168 Å². The molecule has 1 heterocycles. The van der Waals surface area contributed by atoms with Gasteiger partial charge in [-0.05, 0) is 50.7 Å². The predicted octanol–water partition coefficient (Wildman–Crippen LogP) is 7.37. The molecule has 10 heteroatoms. The van der Waals surface area contributed by atoms with E-state index in [4.69, 9.17) is 18.9 Å². The molecule has 0 aromatic rings. The molecule has 0 bridgehead atoms. The molecule has 2 unspecified atom stereocenters. The molecular weight excluding hydrogens is 640 g/mol.